The molecule has 6 heteroatoms. The molecule has 30 heavy (non-hydrogen) atoms. The number of amides is 1. The molecule has 1 aliphatic carbocycles. The minimum atomic E-state index is -0.486. The number of aliphatic hydroxyl groups excluding tert-OH is 1. The van der Waals surface area contributed by atoms with Crippen molar-refractivity contribution in [2.75, 3.05) is 21.1 Å². The van der Waals surface area contributed by atoms with Crippen molar-refractivity contribution >= 4 is 30.1 Å². The highest BCUT2D eigenvalue weighted by molar-refractivity contribution is 14.2. The van der Waals surface area contributed by atoms with E-state index in [4.69, 9.17) is 0 Å². The number of rotatable bonds is 12. The number of hydrogen-bond donors (Lipinski definition) is 1. The fourth-order valence-corrected chi connectivity index (χ4v) is 7.38. The molecule has 0 aliphatic heterocycles. The average molecular weight is 534 g/mol. The van der Waals surface area contributed by atoms with Crippen LogP contribution in [0.2, 0.25) is 0 Å². The fraction of sp³-hybridized carbons (Fsp3) is 0.792. The third kappa shape index (κ3) is 9.63. The van der Waals surface area contributed by atoms with Crippen LogP contribution in [-0.2, 0) is 4.79 Å². The van der Waals surface area contributed by atoms with Gasteiger partial charge in [0.2, 0.25) is 0 Å². The first-order chi connectivity index (χ1) is 14.1. The molecule has 0 aromatic heterocycles. The summed E-state index contributed by atoms with van der Waals surface area (Å²) < 4.78 is 2.44. The summed E-state index contributed by atoms with van der Waals surface area (Å²) in [5.41, 5.74) is 4.24. The highest BCUT2D eigenvalue weighted by atomic mass is 127. The van der Waals surface area contributed by atoms with Crippen LogP contribution in [0.4, 0.5) is 0 Å². The maximum absolute atomic E-state index is 12.0. The van der Waals surface area contributed by atoms with E-state index in [1.165, 1.54) is 3.51 Å². The van der Waals surface area contributed by atoms with Gasteiger partial charge in [-0.05, 0) is 54.5 Å². The standard InChI is InChI=1S/C24H42IN2O3/c1-7-8-9-13-20(28)15-16-21-19(3)22(17-23(21)26-30)25-18(2)12-10-11-14-24(29)27(4,5)6/h15,19-20,22-23,28H,7-14,17H2,1-6H3/q+1/t16?,19-,20?,22?,23?/m0/s1. The van der Waals surface area contributed by atoms with E-state index < -0.39 is 6.10 Å². The van der Waals surface area contributed by atoms with Crippen molar-refractivity contribution in [3.05, 3.63) is 22.3 Å². The number of quaternary nitrogens is 1. The van der Waals surface area contributed by atoms with Crippen molar-refractivity contribution in [3.63, 3.8) is 0 Å². The number of nitrogens with zero attached hydrogens (tertiary/aromatic N) is 2. The van der Waals surface area contributed by atoms with E-state index in [9.17, 15) is 14.8 Å². The second kappa shape index (κ2) is 13.7. The van der Waals surface area contributed by atoms with E-state index in [1.807, 2.05) is 21.1 Å². The van der Waals surface area contributed by atoms with Gasteiger partial charge in [0.25, 0.3) is 0 Å². The molecule has 0 radical (unpaired) electrons. The lowest BCUT2D eigenvalue weighted by Crippen LogP contribution is -2.40. The van der Waals surface area contributed by atoms with Crippen LogP contribution in [0, 0.1) is 10.8 Å². The predicted molar refractivity (Wildman–Crippen MR) is 135 cm³/mol. The second-order valence-electron chi connectivity index (χ2n) is 9.39. The molecular formula is C24H42IN2O3+. The van der Waals surface area contributed by atoms with Gasteiger partial charge in [-0.2, -0.15) is 4.91 Å². The van der Waals surface area contributed by atoms with Crippen LogP contribution in [0.25, 0.3) is 0 Å². The Kier molecular flexibility index (Phi) is 12.5. The van der Waals surface area contributed by atoms with E-state index >= 15 is 0 Å². The van der Waals surface area contributed by atoms with Crippen LogP contribution < -0.4 is 0 Å². The maximum atomic E-state index is 12.0. The Bertz CT molecular complexity index is 660. The molecule has 0 spiro atoms. The minimum Gasteiger partial charge on any atom is -0.388 e. The summed E-state index contributed by atoms with van der Waals surface area (Å²) in [5.74, 6) is 0.583. The summed E-state index contributed by atoms with van der Waals surface area (Å²) in [4.78, 5) is 23.4. The van der Waals surface area contributed by atoms with Gasteiger partial charge in [-0.3, -0.25) is 4.48 Å². The highest BCUT2D eigenvalue weighted by Crippen LogP contribution is 2.41. The minimum absolute atomic E-state index is 0.146. The molecule has 1 N–H and O–H groups in total. The third-order valence-electron chi connectivity index (χ3n) is 5.75. The van der Waals surface area contributed by atoms with Crippen molar-refractivity contribution in [1.82, 2.24) is 0 Å². The van der Waals surface area contributed by atoms with Crippen molar-refractivity contribution in [3.8, 4) is 0 Å². The third-order valence-corrected chi connectivity index (χ3v) is 9.74. The van der Waals surface area contributed by atoms with Crippen LogP contribution in [0.3, 0.4) is 0 Å². The number of carbonyl (C=O) groups is 1. The summed E-state index contributed by atoms with van der Waals surface area (Å²) in [6.07, 6.45) is 9.81. The Morgan fingerprint density at radius 1 is 1.27 bits per heavy atom. The number of nitroso groups, excluding NO2 is 1. The SMILES string of the molecule is CCCCCC(O)C=C=C1C(N=O)CC(I=C(C)CCCCC(=O)[N+](C)(C)C)[C@H]1C. The molecule has 3 unspecified atom stereocenters. The van der Waals surface area contributed by atoms with E-state index in [1.54, 1.807) is 6.08 Å². The van der Waals surface area contributed by atoms with Gasteiger partial charge in [-0.1, -0.05) is 38.3 Å². The number of halogens is 1. The predicted octanol–water partition coefficient (Wildman–Crippen LogP) is 5.51. The first-order valence-corrected chi connectivity index (χ1v) is 13.7. The summed E-state index contributed by atoms with van der Waals surface area (Å²) in [6, 6.07) is -0.293. The molecule has 0 bridgehead atoms. The quantitative estimate of drug-likeness (QED) is 0.0899. The van der Waals surface area contributed by atoms with Crippen molar-refractivity contribution in [2.45, 2.75) is 94.6 Å². The van der Waals surface area contributed by atoms with Crippen LogP contribution >= 0.6 is 20.7 Å². The zero-order valence-electron chi connectivity index (χ0n) is 19.8. The first-order valence-electron chi connectivity index (χ1n) is 11.4. The van der Waals surface area contributed by atoms with E-state index in [0.717, 1.165) is 56.9 Å². The van der Waals surface area contributed by atoms with Crippen LogP contribution in [-0.4, -0.2) is 56.2 Å². The van der Waals surface area contributed by atoms with Gasteiger partial charge in [-0.15, -0.1) is 26.5 Å². The lowest BCUT2D eigenvalue weighted by atomic mass is 10.0. The van der Waals surface area contributed by atoms with Gasteiger partial charge < -0.3 is 5.11 Å². The summed E-state index contributed by atoms with van der Waals surface area (Å²) in [6.45, 7) is 6.57. The maximum Gasteiger partial charge on any atom is 0.313 e. The molecule has 5 nitrogen and oxygen atoms in total. The average Bonchev–Trinajstić information content (AvgIpc) is 2.97. The number of carbonyl (C=O) groups excluding carboxylic acids is 1. The zero-order chi connectivity index (χ0) is 22.7. The van der Waals surface area contributed by atoms with E-state index in [2.05, 4.69) is 31.7 Å². The Labute approximate surface area is 193 Å². The Hall–Kier alpha value is -0.690. The monoisotopic (exact) mass is 533 g/mol. The molecule has 0 heterocycles. The molecule has 0 aromatic carbocycles. The number of unbranched alkanes of at least 4 members (excludes halogenated alkanes) is 3. The van der Waals surface area contributed by atoms with E-state index in [-0.39, 0.29) is 32.7 Å². The smallest absolute Gasteiger partial charge is 0.313 e. The fourth-order valence-electron chi connectivity index (χ4n) is 3.66. The molecule has 0 aromatic rings. The van der Waals surface area contributed by atoms with E-state index in [0.29, 0.717) is 20.7 Å². The van der Waals surface area contributed by atoms with Crippen LogP contribution in [0.1, 0.15) is 78.6 Å². The Morgan fingerprint density at radius 3 is 2.53 bits per heavy atom. The summed E-state index contributed by atoms with van der Waals surface area (Å²) >= 11 is -0.146. The second-order valence-corrected chi connectivity index (χ2v) is 13.5. The largest absolute Gasteiger partial charge is 0.388 e. The molecule has 4 atom stereocenters. The van der Waals surface area contributed by atoms with Crippen molar-refractivity contribution in [1.29, 1.82) is 0 Å². The molecular weight excluding hydrogens is 491 g/mol. The van der Waals surface area contributed by atoms with Gasteiger partial charge >= 0.3 is 5.91 Å². The van der Waals surface area contributed by atoms with Gasteiger partial charge in [-0.25, -0.2) is 4.79 Å². The van der Waals surface area contributed by atoms with Crippen LogP contribution in [0.15, 0.2) is 22.6 Å². The van der Waals surface area contributed by atoms with Crippen molar-refractivity contribution < 1.29 is 14.4 Å². The molecule has 1 amide bonds. The van der Waals surface area contributed by atoms with Gasteiger partial charge in [0.1, 0.15) is 6.04 Å². The lowest BCUT2D eigenvalue weighted by Gasteiger charge is -2.20. The molecule has 0 saturated heterocycles. The number of aliphatic hydroxyl groups is 1. The molecule has 1 saturated carbocycles. The number of hydrogen-bond acceptors (Lipinski definition) is 4. The summed E-state index contributed by atoms with van der Waals surface area (Å²) in [7, 11) is 5.77. The molecule has 172 valence electrons. The normalized spacial score (nSPS) is 23.5. The molecule has 1 rings (SSSR count). The lowest BCUT2D eigenvalue weighted by molar-refractivity contribution is -0.792. The Morgan fingerprint density at radius 2 is 1.93 bits per heavy atom. The van der Waals surface area contributed by atoms with Crippen LogP contribution in [0.5, 0.6) is 0 Å². The summed E-state index contributed by atoms with van der Waals surface area (Å²) in [5, 5.41) is 13.5. The van der Waals surface area contributed by atoms with Gasteiger partial charge in [0.05, 0.1) is 33.7 Å². The highest BCUT2D eigenvalue weighted by Gasteiger charge is 2.36. The zero-order valence-corrected chi connectivity index (χ0v) is 21.9. The Balaban J connectivity index is 2.65. The first kappa shape index (κ1) is 27.3. The van der Waals surface area contributed by atoms with Gasteiger partial charge in [0.15, 0.2) is 0 Å². The molecule has 1 fully saturated rings. The molecule has 1 aliphatic rings. The topological polar surface area (TPSA) is 66.7 Å². The number of alkyl halides is 1. The van der Waals surface area contributed by atoms with Crippen molar-refractivity contribution in [2.24, 2.45) is 11.1 Å². The van der Waals surface area contributed by atoms with Gasteiger partial charge in [0, 0.05) is 9.50 Å².